The molecule has 0 heterocycles. The number of amides is 1. The van der Waals surface area contributed by atoms with E-state index in [1.807, 2.05) is 6.07 Å². The van der Waals surface area contributed by atoms with Gasteiger partial charge < -0.3 is 10.1 Å². The van der Waals surface area contributed by atoms with Gasteiger partial charge in [-0.25, -0.2) is 4.79 Å². The average Bonchev–Trinajstić information content (AvgIpc) is 2.62. The summed E-state index contributed by atoms with van der Waals surface area (Å²) in [5.41, 5.74) is 1.26. The molecule has 0 spiro atoms. The van der Waals surface area contributed by atoms with Crippen molar-refractivity contribution in [1.82, 2.24) is 0 Å². The highest BCUT2D eigenvalue weighted by Gasteiger charge is 2.11. The number of hydrogen-bond donors (Lipinski definition) is 1. The number of nitriles is 1. The highest BCUT2D eigenvalue weighted by molar-refractivity contribution is 6.42. The summed E-state index contributed by atoms with van der Waals surface area (Å²) in [5.74, 6) is -1.06. The zero-order valence-corrected chi connectivity index (χ0v) is 14.6. The Balaban J connectivity index is 2.17. The number of hydrogen-bond acceptors (Lipinski definition) is 4. The summed E-state index contributed by atoms with van der Waals surface area (Å²) in [6.07, 6.45) is 1.40. The Morgan fingerprint density at radius 3 is 2.36 bits per heavy atom. The molecule has 0 unspecified atom stereocenters. The average molecular weight is 375 g/mol. The molecule has 2 rings (SSSR count). The summed E-state index contributed by atoms with van der Waals surface area (Å²) in [5, 5.41) is 12.5. The minimum Gasteiger partial charge on any atom is -0.465 e. The van der Waals surface area contributed by atoms with E-state index < -0.39 is 11.9 Å². The molecule has 126 valence electrons. The van der Waals surface area contributed by atoms with Gasteiger partial charge in [-0.15, -0.1) is 0 Å². The number of benzene rings is 2. The topological polar surface area (TPSA) is 79.2 Å². The van der Waals surface area contributed by atoms with Crippen molar-refractivity contribution >= 4 is 46.8 Å². The molecule has 0 radical (unpaired) electrons. The standard InChI is InChI=1S/C18H12Cl2N2O3/c1-25-18(24)12-3-5-14(6-4-12)22-17(23)13(10-21)8-11-2-7-15(19)16(20)9-11/h2-9H,1H3,(H,22,23)/b13-8+. The molecule has 0 saturated carbocycles. The SMILES string of the molecule is COC(=O)c1ccc(NC(=O)/C(C#N)=C/c2ccc(Cl)c(Cl)c2)cc1. The molecular weight excluding hydrogens is 363 g/mol. The fourth-order valence-electron chi connectivity index (χ4n) is 1.92. The number of halogens is 2. The van der Waals surface area contributed by atoms with E-state index in [9.17, 15) is 14.9 Å². The van der Waals surface area contributed by atoms with Crippen LogP contribution in [0.25, 0.3) is 6.08 Å². The van der Waals surface area contributed by atoms with Crippen molar-refractivity contribution in [2.75, 3.05) is 12.4 Å². The molecule has 2 aromatic rings. The van der Waals surface area contributed by atoms with Crippen LogP contribution in [0.5, 0.6) is 0 Å². The Bertz CT molecular complexity index is 884. The monoisotopic (exact) mass is 374 g/mol. The van der Waals surface area contributed by atoms with E-state index in [4.69, 9.17) is 23.2 Å². The van der Waals surface area contributed by atoms with E-state index in [1.165, 1.54) is 37.5 Å². The number of esters is 1. The number of anilines is 1. The summed E-state index contributed by atoms with van der Waals surface area (Å²) in [4.78, 5) is 23.6. The number of rotatable bonds is 4. The molecule has 7 heteroatoms. The summed E-state index contributed by atoms with van der Waals surface area (Å²) < 4.78 is 4.60. The van der Waals surface area contributed by atoms with Gasteiger partial charge >= 0.3 is 5.97 Å². The Labute approximate surface area is 154 Å². The van der Waals surface area contributed by atoms with E-state index in [-0.39, 0.29) is 5.57 Å². The van der Waals surface area contributed by atoms with E-state index in [2.05, 4.69) is 10.1 Å². The van der Waals surface area contributed by atoms with Crippen molar-refractivity contribution in [3.8, 4) is 6.07 Å². The van der Waals surface area contributed by atoms with Crippen LogP contribution in [0, 0.1) is 11.3 Å². The highest BCUT2D eigenvalue weighted by atomic mass is 35.5. The number of carbonyl (C=O) groups excluding carboxylic acids is 2. The van der Waals surface area contributed by atoms with Crippen LogP contribution < -0.4 is 5.32 Å². The van der Waals surface area contributed by atoms with E-state index >= 15 is 0 Å². The molecule has 2 aromatic carbocycles. The maximum Gasteiger partial charge on any atom is 0.337 e. The summed E-state index contributed by atoms with van der Waals surface area (Å²) in [6.45, 7) is 0. The molecule has 1 N–H and O–H groups in total. The zero-order valence-electron chi connectivity index (χ0n) is 13.0. The molecule has 25 heavy (non-hydrogen) atoms. The zero-order chi connectivity index (χ0) is 18.4. The van der Waals surface area contributed by atoms with Crippen LogP contribution in [0.3, 0.4) is 0 Å². The van der Waals surface area contributed by atoms with E-state index in [0.717, 1.165) is 0 Å². The number of carbonyl (C=O) groups is 2. The predicted octanol–water partition coefficient (Wildman–Crippen LogP) is 4.33. The van der Waals surface area contributed by atoms with Crippen LogP contribution in [0.4, 0.5) is 5.69 Å². The predicted molar refractivity (Wildman–Crippen MR) is 96.5 cm³/mol. The Hall–Kier alpha value is -2.81. The number of nitrogens with zero attached hydrogens (tertiary/aromatic N) is 1. The van der Waals surface area contributed by atoms with Gasteiger partial charge in [0.25, 0.3) is 5.91 Å². The van der Waals surface area contributed by atoms with Crippen molar-refractivity contribution in [2.24, 2.45) is 0 Å². The first-order chi connectivity index (χ1) is 11.9. The molecule has 0 aliphatic carbocycles. The number of nitrogens with one attached hydrogen (secondary N) is 1. The minimum atomic E-state index is -0.584. The lowest BCUT2D eigenvalue weighted by molar-refractivity contribution is -0.112. The second kappa shape index (κ2) is 8.34. The third kappa shape index (κ3) is 4.83. The van der Waals surface area contributed by atoms with Crippen LogP contribution in [0.1, 0.15) is 15.9 Å². The van der Waals surface area contributed by atoms with Gasteiger partial charge in [0, 0.05) is 5.69 Å². The summed E-state index contributed by atoms with van der Waals surface area (Å²) in [6, 6.07) is 12.7. The van der Waals surface area contributed by atoms with Crippen molar-refractivity contribution < 1.29 is 14.3 Å². The Morgan fingerprint density at radius 2 is 1.80 bits per heavy atom. The lowest BCUT2D eigenvalue weighted by Gasteiger charge is -2.06. The number of methoxy groups -OCH3 is 1. The molecule has 0 aliphatic rings. The fraction of sp³-hybridized carbons (Fsp3) is 0.0556. The van der Waals surface area contributed by atoms with Gasteiger partial charge in [0.2, 0.25) is 0 Å². The molecule has 0 aliphatic heterocycles. The van der Waals surface area contributed by atoms with Gasteiger partial charge in [0.1, 0.15) is 11.6 Å². The fourth-order valence-corrected chi connectivity index (χ4v) is 2.23. The van der Waals surface area contributed by atoms with Crippen LogP contribution in [-0.4, -0.2) is 19.0 Å². The van der Waals surface area contributed by atoms with Crippen molar-refractivity contribution in [3.05, 3.63) is 69.2 Å². The number of ether oxygens (including phenoxy) is 1. The van der Waals surface area contributed by atoms with Crippen LogP contribution in [0.2, 0.25) is 10.0 Å². The van der Waals surface area contributed by atoms with E-state index in [0.29, 0.717) is 26.9 Å². The molecule has 5 nitrogen and oxygen atoms in total. The maximum absolute atomic E-state index is 12.2. The molecule has 0 aromatic heterocycles. The second-order valence-corrected chi connectivity index (χ2v) is 5.68. The molecule has 0 bridgehead atoms. The molecule has 0 atom stereocenters. The van der Waals surface area contributed by atoms with Crippen molar-refractivity contribution in [1.29, 1.82) is 5.26 Å². The summed E-state index contributed by atoms with van der Waals surface area (Å²) >= 11 is 11.8. The largest absolute Gasteiger partial charge is 0.465 e. The minimum absolute atomic E-state index is 0.101. The third-order valence-corrected chi connectivity index (χ3v) is 3.92. The quantitative estimate of drug-likeness (QED) is 0.490. The maximum atomic E-state index is 12.2. The van der Waals surface area contributed by atoms with Crippen molar-refractivity contribution in [2.45, 2.75) is 0 Å². The second-order valence-electron chi connectivity index (χ2n) is 4.87. The first-order valence-electron chi connectivity index (χ1n) is 7.01. The smallest absolute Gasteiger partial charge is 0.337 e. The van der Waals surface area contributed by atoms with Crippen LogP contribution >= 0.6 is 23.2 Å². The molecule has 1 amide bonds. The first kappa shape index (κ1) is 18.5. The highest BCUT2D eigenvalue weighted by Crippen LogP contribution is 2.24. The van der Waals surface area contributed by atoms with E-state index in [1.54, 1.807) is 18.2 Å². The van der Waals surface area contributed by atoms with Gasteiger partial charge in [0.15, 0.2) is 0 Å². The third-order valence-electron chi connectivity index (χ3n) is 3.18. The van der Waals surface area contributed by atoms with Crippen LogP contribution in [-0.2, 0) is 9.53 Å². The summed E-state index contributed by atoms with van der Waals surface area (Å²) in [7, 11) is 1.28. The normalized spacial score (nSPS) is 10.7. The lowest BCUT2D eigenvalue weighted by Crippen LogP contribution is -2.13. The molecule has 0 saturated heterocycles. The molecule has 0 fully saturated rings. The lowest BCUT2D eigenvalue weighted by atomic mass is 10.1. The van der Waals surface area contributed by atoms with Gasteiger partial charge in [-0.3, -0.25) is 4.79 Å². The molecular formula is C18H12Cl2N2O3. The Kier molecular flexibility index (Phi) is 6.18. The first-order valence-corrected chi connectivity index (χ1v) is 7.76. The van der Waals surface area contributed by atoms with Gasteiger partial charge in [-0.05, 0) is 48.0 Å². The van der Waals surface area contributed by atoms with Gasteiger partial charge in [-0.2, -0.15) is 5.26 Å². The van der Waals surface area contributed by atoms with Gasteiger partial charge in [-0.1, -0.05) is 29.3 Å². The van der Waals surface area contributed by atoms with Crippen molar-refractivity contribution in [3.63, 3.8) is 0 Å². The van der Waals surface area contributed by atoms with Crippen LogP contribution in [0.15, 0.2) is 48.0 Å². The Morgan fingerprint density at radius 1 is 1.12 bits per heavy atom. The van der Waals surface area contributed by atoms with Gasteiger partial charge in [0.05, 0.1) is 22.7 Å².